The number of carbonyl (C=O) groups excluding carboxylic acids is 2. The van der Waals surface area contributed by atoms with Gasteiger partial charge in [0.15, 0.2) is 17.3 Å². The van der Waals surface area contributed by atoms with Crippen molar-refractivity contribution in [3.05, 3.63) is 122 Å². The Morgan fingerprint density at radius 3 is 2.45 bits per heavy atom. The van der Waals surface area contributed by atoms with Gasteiger partial charge in [0, 0.05) is 51.0 Å². The maximum Gasteiger partial charge on any atom is 0.335 e. The third-order valence-electron chi connectivity index (χ3n) is 6.07. The standard InChI is InChI=1S/C29H26F2N6O5/c1-4-36-16-21(28(40)37(29(36)41)20-8-5-18(30)6-9-20)26(38)34-19-7-10-24(22(31)14-19)42-25-13-17(27(39)35(2)3)15-33-23(25)11-12-32/h5-16,32-33H,4H2,1-3H3,(H,34,38)/b23-11-,32-12?. The molecule has 0 atom stereocenters. The van der Waals surface area contributed by atoms with Gasteiger partial charge in [-0.15, -0.1) is 0 Å². The highest BCUT2D eigenvalue weighted by Gasteiger charge is 2.21. The third-order valence-corrected chi connectivity index (χ3v) is 6.07. The van der Waals surface area contributed by atoms with Crippen LogP contribution in [0.25, 0.3) is 5.69 Å². The van der Waals surface area contributed by atoms with Crippen LogP contribution in [0, 0.1) is 17.0 Å². The van der Waals surface area contributed by atoms with Gasteiger partial charge in [-0.05, 0) is 55.5 Å². The number of benzene rings is 2. The number of aryl methyl sites for hydroxylation is 1. The zero-order chi connectivity index (χ0) is 30.6. The highest BCUT2D eigenvalue weighted by molar-refractivity contribution is 6.04. The molecule has 2 aromatic carbocycles. The van der Waals surface area contributed by atoms with Gasteiger partial charge in [-0.3, -0.25) is 19.0 Å². The van der Waals surface area contributed by atoms with Gasteiger partial charge in [-0.25, -0.2) is 18.1 Å². The summed E-state index contributed by atoms with van der Waals surface area (Å²) in [6.07, 6.45) is 6.30. The Bertz CT molecular complexity index is 1790. The maximum absolute atomic E-state index is 15.1. The van der Waals surface area contributed by atoms with Crippen molar-refractivity contribution in [2.75, 3.05) is 19.4 Å². The van der Waals surface area contributed by atoms with E-state index in [0.29, 0.717) is 5.70 Å². The average molecular weight is 577 g/mol. The van der Waals surface area contributed by atoms with E-state index in [-0.39, 0.29) is 40.9 Å². The number of hydrogen-bond donors (Lipinski definition) is 3. The molecule has 0 aliphatic carbocycles. The number of likely N-dealkylation sites (N-methyl/N-ethyl adjacent to an activating group) is 1. The molecule has 1 aliphatic rings. The summed E-state index contributed by atoms with van der Waals surface area (Å²) in [5.74, 6) is -2.84. The molecule has 0 radical (unpaired) electrons. The third kappa shape index (κ3) is 6.09. The second-order valence-electron chi connectivity index (χ2n) is 9.13. The zero-order valence-electron chi connectivity index (χ0n) is 22.8. The minimum Gasteiger partial charge on any atom is -0.452 e. The molecule has 0 saturated carbocycles. The smallest absolute Gasteiger partial charge is 0.335 e. The summed E-state index contributed by atoms with van der Waals surface area (Å²) < 4.78 is 36.1. The maximum atomic E-state index is 15.1. The van der Waals surface area contributed by atoms with Crippen molar-refractivity contribution in [2.24, 2.45) is 0 Å². The molecule has 0 bridgehead atoms. The number of nitrogens with one attached hydrogen (secondary N) is 3. The predicted octanol–water partition coefficient (Wildman–Crippen LogP) is 2.92. The van der Waals surface area contributed by atoms with Crippen LogP contribution in [0.1, 0.15) is 17.3 Å². The molecule has 3 aromatic rings. The van der Waals surface area contributed by atoms with Crippen LogP contribution in [0.4, 0.5) is 14.5 Å². The van der Waals surface area contributed by atoms with E-state index in [2.05, 4.69) is 10.6 Å². The van der Waals surface area contributed by atoms with Crippen LogP contribution in [-0.2, 0) is 11.3 Å². The van der Waals surface area contributed by atoms with Crippen molar-refractivity contribution in [1.82, 2.24) is 19.4 Å². The van der Waals surface area contributed by atoms with Crippen LogP contribution >= 0.6 is 0 Å². The van der Waals surface area contributed by atoms with Gasteiger partial charge < -0.3 is 25.7 Å². The number of carbonyl (C=O) groups is 2. The molecule has 0 fully saturated rings. The van der Waals surface area contributed by atoms with Crippen LogP contribution in [0.5, 0.6) is 5.75 Å². The first-order chi connectivity index (χ1) is 20.0. The number of ether oxygens (including phenoxy) is 1. The summed E-state index contributed by atoms with van der Waals surface area (Å²) in [6.45, 7) is 1.78. The van der Waals surface area contributed by atoms with Crippen LogP contribution < -0.4 is 26.6 Å². The van der Waals surface area contributed by atoms with E-state index in [1.165, 1.54) is 47.5 Å². The Morgan fingerprint density at radius 1 is 1.12 bits per heavy atom. The second kappa shape index (κ2) is 12.3. The van der Waals surface area contributed by atoms with Crippen molar-refractivity contribution < 1.29 is 23.1 Å². The van der Waals surface area contributed by atoms with E-state index < -0.39 is 34.4 Å². The molecule has 1 aliphatic heterocycles. The lowest BCUT2D eigenvalue weighted by Gasteiger charge is -2.20. The SMILES string of the molecule is CCn1cc(C(=O)Nc2ccc(OC3=CC(C(=O)N(C)C)=CN/C3=C\C=N)c(F)c2)c(=O)n(-c2ccc(F)cc2)c1=O. The number of halogens is 2. The molecular formula is C29H26F2N6O5. The lowest BCUT2D eigenvalue weighted by atomic mass is 10.1. The zero-order valence-corrected chi connectivity index (χ0v) is 22.8. The number of nitrogens with zero attached hydrogens (tertiary/aromatic N) is 3. The van der Waals surface area contributed by atoms with Gasteiger partial charge in [0.25, 0.3) is 17.4 Å². The second-order valence-corrected chi connectivity index (χ2v) is 9.13. The monoisotopic (exact) mass is 576 g/mol. The van der Waals surface area contributed by atoms with E-state index in [0.717, 1.165) is 39.7 Å². The van der Waals surface area contributed by atoms with E-state index >= 15 is 4.39 Å². The number of dihydropyridines is 1. The molecule has 11 nitrogen and oxygen atoms in total. The summed E-state index contributed by atoms with van der Waals surface area (Å²) in [5, 5.41) is 12.6. The van der Waals surface area contributed by atoms with Gasteiger partial charge in [-0.2, -0.15) is 0 Å². The van der Waals surface area contributed by atoms with Crippen LogP contribution in [0.2, 0.25) is 0 Å². The molecule has 1 aromatic heterocycles. The van der Waals surface area contributed by atoms with Crippen LogP contribution in [-0.4, -0.2) is 46.2 Å². The topological polar surface area (TPSA) is 139 Å². The highest BCUT2D eigenvalue weighted by Crippen LogP contribution is 2.27. The fourth-order valence-electron chi connectivity index (χ4n) is 3.95. The first-order valence-electron chi connectivity index (χ1n) is 12.6. The van der Waals surface area contributed by atoms with Gasteiger partial charge >= 0.3 is 5.69 Å². The van der Waals surface area contributed by atoms with Crippen molar-refractivity contribution >= 4 is 23.7 Å². The molecule has 2 amide bonds. The predicted molar refractivity (Wildman–Crippen MR) is 152 cm³/mol. The average Bonchev–Trinajstić information content (AvgIpc) is 2.96. The number of amides is 2. The van der Waals surface area contributed by atoms with E-state index in [9.17, 15) is 23.6 Å². The Labute approximate surface area is 238 Å². The molecule has 3 N–H and O–H groups in total. The first kappa shape index (κ1) is 29.4. The number of hydrogen-bond acceptors (Lipinski definition) is 7. The lowest BCUT2D eigenvalue weighted by molar-refractivity contribution is -0.124. The van der Waals surface area contributed by atoms with Crippen LogP contribution in [0.3, 0.4) is 0 Å². The molecule has 0 spiro atoms. The summed E-state index contributed by atoms with van der Waals surface area (Å²) in [6, 6.07) is 8.19. The van der Waals surface area contributed by atoms with Crippen molar-refractivity contribution in [2.45, 2.75) is 13.5 Å². The van der Waals surface area contributed by atoms with E-state index in [1.54, 1.807) is 21.0 Å². The summed E-state index contributed by atoms with van der Waals surface area (Å²) in [5.41, 5.74) is -1.45. The number of rotatable bonds is 8. The molecule has 42 heavy (non-hydrogen) atoms. The minimum absolute atomic E-state index is 0.0128. The molecule has 216 valence electrons. The molecule has 2 heterocycles. The summed E-state index contributed by atoms with van der Waals surface area (Å²) in [7, 11) is 3.14. The van der Waals surface area contributed by atoms with Crippen molar-refractivity contribution in [3.8, 4) is 11.4 Å². The van der Waals surface area contributed by atoms with Gasteiger partial charge in [-0.1, -0.05) is 0 Å². The Balaban J connectivity index is 1.62. The van der Waals surface area contributed by atoms with Crippen molar-refractivity contribution in [3.63, 3.8) is 0 Å². The van der Waals surface area contributed by atoms with E-state index in [4.69, 9.17) is 10.1 Å². The number of aromatic nitrogens is 2. The summed E-state index contributed by atoms with van der Waals surface area (Å²) >= 11 is 0. The van der Waals surface area contributed by atoms with Gasteiger partial charge in [0.05, 0.1) is 17.0 Å². The van der Waals surface area contributed by atoms with E-state index in [1.807, 2.05) is 0 Å². The fourth-order valence-corrected chi connectivity index (χ4v) is 3.95. The van der Waals surface area contributed by atoms with Gasteiger partial charge in [0.1, 0.15) is 11.4 Å². The normalized spacial score (nSPS) is 13.5. The van der Waals surface area contributed by atoms with Gasteiger partial charge in [0.2, 0.25) is 0 Å². The minimum atomic E-state index is -0.937. The fraction of sp³-hybridized carbons (Fsp3) is 0.138. The summed E-state index contributed by atoms with van der Waals surface area (Å²) in [4.78, 5) is 52.8. The first-order valence-corrected chi connectivity index (χ1v) is 12.6. The number of allylic oxidation sites excluding steroid dienone is 1. The molecule has 0 unspecified atom stereocenters. The number of anilines is 1. The largest absolute Gasteiger partial charge is 0.452 e. The molecule has 4 rings (SSSR count). The molecule has 0 saturated heterocycles. The Morgan fingerprint density at radius 2 is 1.83 bits per heavy atom. The van der Waals surface area contributed by atoms with Crippen molar-refractivity contribution in [1.29, 1.82) is 5.41 Å². The van der Waals surface area contributed by atoms with Crippen LogP contribution in [0.15, 0.2) is 93.6 Å². The highest BCUT2D eigenvalue weighted by atomic mass is 19.1. The quantitative estimate of drug-likeness (QED) is 0.353. The Kier molecular flexibility index (Phi) is 8.60. The molecule has 13 heteroatoms. The lowest BCUT2D eigenvalue weighted by Crippen LogP contribution is -2.42. The Hall–Kier alpha value is -5.59. The molecular weight excluding hydrogens is 550 g/mol.